The van der Waals surface area contributed by atoms with Crippen LogP contribution in [0.2, 0.25) is 0 Å². The van der Waals surface area contributed by atoms with E-state index in [0.717, 1.165) is 23.8 Å². The van der Waals surface area contributed by atoms with Gasteiger partial charge < -0.3 is 10.6 Å². The second-order valence-corrected chi connectivity index (χ2v) is 5.18. The summed E-state index contributed by atoms with van der Waals surface area (Å²) in [4.78, 5) is 0. The zero-order chi connectivity index (χ0) is 13.5. The van der Waals surface area contributed by atoms with Crippen LogP contribution in [0, 0.1) is 5.92 Å². The van der Waals surface area contributed by atoms with Crippen molar-refractivity contribution in [3.8, 4) is 0 Å². The SMILES string of the molecule is CC(C)CCNc1ccc(Nc2ccccc2)cc1. The molecule has 2 rings (SSSR count). The van der Waals surface area contributed by atoms with E-state index in [9.17, 15) is 0 Å². The number of nitrogens with one attached hydrogen (secondary N) is 2. The van der Waals surface area contributed by atoms with Gasteiger partial charge in [-0.05, 0) is 48.7 Å². The quantitative estimate of drug-likeness (QED) is 0.767. The van der Waals surface area contributed by atoms with Crippen LogP contribution in [0.15, 0.2) is 54.6 Å². The van der Waals surface area contributed by atoms with Crippen LogP contribution in [-0.4, -0.2) is 6.54 Å². The van der Waals surface area contributed by atoms with Crippen LogP contribution in [0.1, 0.15) is 20.3 Å². The second kappa shape index (κ2) is 6.83. The predicted molar refractivity (Wildman–Crippen MR) is 84.1 cm³/mol. The molecule has 0 unspecified atom stereocenters. The first-order valence-electron chi connectivity index (χ1n) is 6.90. The van der Waals surface area contributed by atoms with Gasteiger partial charge in [-0.3, -0.25) is 0 Å². The highest BCUT2D eigenvalue weighted by Crippen LogP contribution is 2.18. The Kier molecular flexibility index (Phi) is 4.85. The van der Waals surface area contributed by atoms with E-state index in [-0.39, 0.29) is 0 Å². The first kappa shape index (κ1) is 13.5. The predicted octanol–water partition coefficient (Wildman–Crippen LogP) is 4.89. The fourth-order valence-electron chi connectivity index (χ4n) is 1.86. The van der Waals surface area contributed by atoms with Gasteiger partial charge in [0.2, 0.25) is 0 Å². The van der Waals surface area contributed by atoms with Crippen LogP contribution in [0.4, 0.5) is 17.1 Å². The van der Waals surface area contributed by atoms with E-state index in [2.05, 4.69) is 60.9 Å². The fourth-order valence-corrected chi connectivity index (χ4v) is 1.86. The number of benzene rings is 2. The van der Waals surface area contributed by atoms with E-state index in [4.69, 9.17) is 0 Å². The Bertz CT molecular complexity index is 474. The average molecular weight is 254 g/mol. The Labute approximate surface area is 115 Å². The molecule has 2 aromatic rings. The van der Waals surface area contributed by atoms with E-state index >= 15 is 0 Å². The summed E-state index contributed by atoms with van der Waals surface area (Å²) in [5.74, 6) is 0.742. The van der Waals surface area contributed by atoms with Gasteiger partial charge in [-0.1, -0.05) is 32.0 Å². The summed E-state index contributed by atoms with van der Waals surface area (Å²) >= 11 is 0. The molecule has 2 heteroatoms. The summed E-state index contributed by atoms with van der Waals surface area (Å²) in [7, 11) is 0. The summed E-state index contributed by atoms with van der Waals surface area (Å²) in [6, 6.07) is 18.7. The van der Waals surface area contributed by atoms with Gasteiger partial charge in [0.25, 0.3) is 0 Å². The van der Waals surface area contributed by atoms with Crippen molar-refractivity contribution in [1.82, 2.24) is 0 Å². The van der Waals surface area contributed by atoms with E-state index in [1.807, 2.05) is 18.2 Å². The van der Waals surface area contributed by atoms with Gasteiger partial charge in [0.15, 0.2) is 0 Å². The summed E-state index contributed by atoms with van der Waals surface area (Å²) < 4.78 is 0. The normalized spacial score (nSPS) is 10.5. The molecule has 2 nitrogen and oxygen atoms in total. The molecule has 0 heterocycles. The van der Waals surface area contributed by atoms with Crippen LogP contribution in [0.25, 0.3) is 0 Å². The van der Waals surface area contributed by atoms with Gasteiger partial charge in [0.1, 0.15) is 0 Å². The maximum atomic E-state index is 3.44. The van der Waals surface area contributed by atoms with Crippen LogP contribution >= 0.6 is 0 Å². The summed E-state index contributed by atoms with van der Waals surface area (Å²) in [6.07, 6.45) is 1.20. The molecule has 19 heavy (non-hydrogen) atoms. The van der Waals surface area contributed by atoms with Gasteiger partial charge >= 0.3 is 0 Å². The second-order valence-electron chi connectivity index (χ2n) is 5.18. The molecule has 2 aromatic carbocycles. The van der Waals surface area contributed by atoms with Crippen molar-refractivity contribution in [3.05, 3.63) is 54.6 Å². The highest BCUT2D eigenvalue weighted by Gasteiger charge is 1.96. The zero-order valence-corrected chi connectivity index (χ0v) is 11.7. The lowest BCUT2D eigenvalue weighted by molar-refractivity contribution is 0.607. The van der Waals surface area contributed by atoms with Crippen molar-refractivity contribution in [2.45, 2.75) is 20.3 Å². The molecule has 0 bridgehead atoms. The fraction of sp³-hybridized carbons (Fsp3) is 0.294. The molecular formula is C17H22N2. The maximum absolute atomic E-state index is 3.44. The molecule has 0 spiro atoms. The lowest BCUT2D eigenvalue weighted by Gasteiger charge is -2.10. The average Bonchev–Trinajstić information content (AvgIpc) is 2.42. The van der Waals surface area contributed by atoms with E-state index in [1.54, 1.807) is 0 Å². The Morgan fingerprint density at radius 2 is 1.37 bits per heavy atom. The minimum atomic E-state index is 0.742. The minimum Gasteiger partial charge on any atom is -0.385 e. The topological polar surface area (TPSA) is 24.1 Å². The van der Waals surface area contributed by atoms with Crippen LogP contribution < -0.4 is 10.6 Å². The molecule has 0 aliphatic heterocycles. The first-order chi connectivity index (χ1) is 9.24. The lowest BCUT2D eigenvalue weighted by atomic mass is 10.1. The van der Waals surface area contributed by atoms with Crippen LogP contribution in [-0.2, 0) is 0 Å². The lowest BCUT2D eigenvalue weighted by Crippen LogP contribution is -2.04. The van der Waals surface area contributed by atoms with E-state index in [0.29, 0.717) is 0 Å². The monoisotopic (exact) mass is 254 g/mol. The number of rotatable bonds is 6. The molecule has 0 saturated carbocycles. The Balaban J connectivity index is 1.88. The summed E-state index contributed by atoms with van der Waals surface area (Å²) in [5, 5.41) is 6.82. The van der Waals surface area contributed by atoms with E-state index < -0.39 is 0 Å². The molecule has 0 saturated heterocycles. The smallest absolute Gasteiger partial charge is 0.0385 e. The molecule has 0 radical (unpaired) electrons. The molecule has 0 fully saturated rings. The van der Waals surface area contributed by atoms with Crippen LogP contribution in [0.3, 0.4) is 0 Å². The maximum Gasteiger partial charge on any atom is 0.0385 e. The van der Waals surface area contributed by atoms with Crippen LogP contribution in [0.5, 0.6) is 0 Å². The molecule has 100 valence electrons. The van der Waals surface area contributed by atoms with Gasteiger partial charge in [0, 0.05) is 23.6 Å². The minimum absolute atomic E-state index is 0.742. The molecule has 0 aromatic heterocycles. The number of anilines is 3. The first-order valence-corrected chi connectivity index (χ1v) is 6.90. The third-order valence-electron chi connectivity index (χ3n) is 3.00. The molecule has 2 N–H and O–H groups in total. The molecular weight excluding hydrogens is 232 g/mol. The van der Waals surface area contributed by atoms with Crippen molar-refractivity contribution in [2.24, 2.45) is 5.92 Å². The van der Waals surface area contributed by atoms with Crippen molar-refractivity contribution in [1.29, 1.82) is 0 Å². The Morgan fingerprint density at radius 3 is 2.00 bits per heavy atom. The van der Waals surface area contributed by atoms with Crippen molar-refractivity contribution in [2.75, 3.05) is 17.2 Å². The number of hydrogen-bond donors (Lipinski definition) is 2. The largest absolute Gasteiger partial charge is 0.385 e. The highest BCUT2D eigenvalue weighted by atomic mass is 14.9. The van der Waals surface area contributed by atoms with Gasteiger partial charge in [-0.2, -0.15) is 0 Å². The molecule has 0 aliphatic rings. The van der Waals surface area contributed by atoms with Crippen molar-refractivity contribution < 1.29 is 0 Å². The van der Waals surface area contributed by atoms with Gasteiger partial charge in [0.05, 0.1) is 0 Å². The Hall–Kier alpha value is -1.96. The third-order valence-corrected chi connectivity index (χ3v) is 3.00. The standard InChI is InChI=1S/C17H22N2/c1-14(2)12-13-18-15-8-10-17(11-9-15)19-16-6-4-3-5-7-16/h3-11,14,18-19H,12-13H2,1-2H3. The van der Waals surface area contributed by atoms with Gasteiger partial charge in [-0.15, -0.1) is 0 Å². The molecule has 0 aliphatic carbocycles. The molecule has 0 atom stereocenters. The van der Waals surface area contributed by atoms with Crippen molar-refractivity contribution in [3.63, 3.8) is 0 Å². The number of hydrogen-bond acceptors (Lipinski definition) is 2. The summed E-state index contributed by atoms with van der Waals surface area (Å²) in [5.41, 5.74) is 3.41. The number of para-hydroxylation sites is 1. The molecule has 0 amide bonds. The third kappa shape index (κ3) is 4.66. The zero-order valence-electron chi connectivity index (χ0n) is 11.7. The van der Waals surface area contributed by atoms with E-state index in [1.165, 1.54) is 12.1 Å². The van der Waals surface area contributed by atoms with Crippen molar-refractivity contribution >= 4 is 17.1 Å². The van der Waals surface area contributed by atoms with Gasteiger partial charge in [-0.25, -0.2) is 0 Å². The highest BCUT2D eigenvalue weighted by molar-refractivity contribution is 5.62. The summed E-state index contributed by atoms with van der Waals surface area (Å²) in [6.45, 7) is 5.52. The Morgan fingerprint density at radius 1 is 0.789 bits per heavy atom.